The number of hydrogen-bond acceptors (Lipinski definition) is 2. The Balaban J connectivity index is 2.53. The minimum atomic E-state index is 0.0266. The molecule has 18 heavy (non-hydrogen) atoms. The predicted molar refractivity (Wildman–Crippen MR) is 78.2 cm³/mol. The van der Waals surface area contributed by atoms with E-state index in [1.165, 1.54) is 16.9 Å². The highest BCUT2D eigenvalue weighted by molar-refractivity contribution is 7.13. The molecule has 0 amide bonds. The van der Waals surface area contributed by atoms with Gasteiger partial charge in [-0.1, -0.05) is 17.7 Å². The highest BCUT2D eigenvalue weighted by Gasteiger charge is 2.18. The Morgan fingerprint density at radius 1 is 1.00 bits per heavy atom. The van der Waals surface area contributed by atoms with E-state index in [0.717, 1.165) is 22.3 Å². The largest absolute Gasteiger partial charge is 0.288 e. The molecule has 2 rings (SSSR count). The van der Waals surface area contributed by atoms with Crippen LogP contribution in [-0.4, -0.2) is 5.78 Å². The second-order valence-electron chi connectivity index (χ2n) is 4.64. The number of rotatable bonds is 2. The standard InChI is InChI=1S/C15H15ClOS/c1-8-5-10(3)12(6-9(8)2)14(17)15-13(16)11(4)7-18-15/h5-7H,1-4H3. The molecule has 94 valence electrons. The monoisotopic (exact) mass is 278 g/mol. The highest BCUT2D eigenvalue weighted by Crippen LogP contribution is 2.30. The van der Waals surface area contributed by atoms with Crippen LogP contribution >= 0.6 is 22.9 Å². The maximum Gasteiger partial charge on any atom is 0.204 e. The quantitative estimate of drug-likeness (QED) is 0.717. The fourth-order valence-corrected chi connectivity index (χ4v) is 3.14. The molecule has 3 heteroatoms. The fourth-order valence-electron chi connectivity index (χ4n) is 1.91. The first-order valence-electron chi connectivity index (χ1n) is 5.78. The topological polar surface area (TPSA) is 17.1 Å². The van der Waals surface area contributed by atoms with Gasteiger partial charge in [0.25, 0.3) is 0 Å². The Kier molecular flexibility index (Phi) is 3.60. The SMILES string of the molecule is Cc1cc(C)c(C(=O)c2scc(C)c2Cl)cc1C. The van der Waals surface area contributed by atoms with Gasteiger partial charge in [-0.15, -0.1) is 11.3 Å². The van der Waals surface area contributed by atoms with Gasteiger partial charge >= 0.3 is 0 Å². The van der Waals surface area contributed by atoms with Crippen LogP contribution in [0, 0.1) is 27.7 Å². The van der Waals surface area contributed by atoms with E-state index >= 15 is 0 Å². The van der Waals surface area contributed by atoms with Crippen molar-refractivity contribution in [2.24, 2.45) is 0 Å². The summed E-state index contributed by atoms with van der Waals surface area (Å²) >= 11 is 7.58. The third-order valence-electron chi connectivity index (χ3n) is 3.19. The van der Waals surface area contributed by atoms with Crippen molar-refractivity contribution >= 4 is 28.7 Å². The molecule has 0 aliphatic rings. The second kappa shape index (κ2) is 4.87. The van der Waals surface area contributed by atoms with Crippen molar-refractivity contribution in [1.29, 1.82) is 0 Å². The lowest BCUT2D eigenvalue weighted by Crippen LogP contribution is -2.03. The molecule has 0 fully saturated rings. The van der Waals surface area contributed by atoms with Crippen LogP contribution in [0.4, 0.5) is 0 Å². The van der Waals surface area contributed by atoms with E-state index in [2.05, 4.69) is 13.0 Å². The number of halogens is 1. The zero-order chi connectivity index (χ0) is 13.4. The van der Waals surface area contributed by atoms with E-state index < -0.39 is 0 Å². The number of aryl methyl sites for hydroxylation is 4. The molecule has 2 aromatic rings. The van der Waals surface area contributed by atoms with Crippen molar-refractivity contribution in [1.82, 2.24) is 0 Å². The lowest BCUT2D eigenvalue weighted by atomic mass is 9.97. The van der Waals surface area contributed by atoms with Crippen LogP contribution in [0.25, 0.3) is 0 Å². The minimum Gasteiger partial charge on any atom is -0.288 e. The van der Waals surface area contributed by atoms with E-state index in [1.54, 1.807) is 0 Å². The molecule has 0 aliphatic heterocycles. The molecule has 1 aromatic carbocycles. The van der Waals surface area contributed by atoms with E-state index in [0.29, 0.717) is 9.90 Å². The summed E-state index contributed by atoms with van der Waals surface area (Å²) in [5.74, 6) is 0.0266. The van der Waals surface area contributed by atoms with Crippen LogP contribution < -0.4 is 0 Å². The lowest BCUT2D eigenvalue weighted by molar-refractivity contribution is 0.104. The fraction of sp³-hybridized carbons (Fsp3) is 0.267. The van der Waals surface area contributed by atoms with Gasteiger partial charge in [0.2, 0.25) is 5.78 Å². The van der Waals surface area contributed by atoms with Gasteiger partial charge in [0, 0.05) is 5.56 Å². The molecule has 1 heterocycles. The maximum atomic E-state index is 12.5. The minimum absolute atomic E-state index is 0.0266. The van der Waals surface area contributed by atoms with Crippen molar-refractivity contribution in [3.63, 3.8) is 0 Å². The van der Waals surface area contributed by atoms with Crippen LogP contribution in [-0.2, 0) is 0 Å². The van der Waals surface area contributed by atoms with Crippen molar-refractivity contribution in [3.05, 3.63) is 55.2 Å². The first-order valence-corrected chi connectivity index (χ1v) is 7.03. The number of carbonyl (C=O) groups excluding carboxylic acids is 1. The number of thiophene rings is 1. The molecular formula is C15H15ClOS. The summed E-state index contributed by atoms with van der Waals surface area (Å²) < 4.78 is 0. The Labute approximate surface area is 116 Å². The van der Waals surface area contributed by atoms with Crippen molar-refractivity contribution in [3.8, 4) is 0 Å². The molecule has 0 aliphatic carbocycles. The van der Waals surface area contributed by atoms with E-state index in [-0.39, 0.29) is 5.78 Å². The summed E-state index contributed by atoms with van der Waals surface area (Å²) in [6.07, 6.45) is 0. The van der Waals surface area contributed by atoms with Gasteiger partial charge < -0.3 is 0 Å². The van der Waals surface area contributed by atoms with Gasteiger partial charge in [0.15, 0.2) is 0 Å². The van der Waals surface area contributed by atoms with Gasteiger partial charge in [-0.2, -0.15) is 0 Å². The van der Waals surface area contributed by atoms with E-state index in [9.17, 15) is 4.79 Å². The zero-order valence-corrected chi connectivity index (χ0v) is 12.5. The highest BCUT2D eigenvalue weighted by atomic mass is 35.5. The van der Waals surface area contributed by atoms with Crippen LogP contribution in [0.1, 0.15) is 37.5 Å². The normalized spacial score (nSPS) is 10.7. The Morgan fingerprint density at radius 3 is 2.17 bits per heavy atom. The molecule has 0 radical (unpaired) electrons. The summed E-state index contributed by atoms with van der Waals surface area (Å²) in [7, 11) is 0. The number of benzene rings is 1. The van der Waals surface area contributed by atoms with E-state index in [4.69, 9.17) is 11.6 Å². The second-order valence-corrected chi connectivity index (χ2v) is 5.90. The molecule has 0 saturated heterocycles. The molecule has 1 aromatic heterocycles. The summed E-state index contributed by atoms with van der Waals surface area (Å²) in [5.41, 5.74) is 5.06. The average molecular weight is 279 g/mol. The van der Waals surface area contributed by atoms with Gasteiger partial charge in [0.05, 0.1) is 9.90 Å². The first-order chi connectivity index (χ1) is 8.41. The third kappa shape index (κ3) is 2.23. The van der Waals surface area contributed by atoms with Crippen LogP contribution in [0.3, 0.4) is 0 Å². The molecule has 0 N–H and O–H groups in total. The summed E-state index contributed by atoms with van der Waals surface area (Å²) in [4.78, 5) is 13.1. The third-order valence-corrected chi connectivity index (χ3v) is 4.89. The molecule has 0 spiro atoms. The molecule has 1 nitrogen and oxygen atoms in total. The van der Waals surface area contributed by atoms with Crippen LogP contribution in [0.15, 0.2) is 17.5 Å². The zero-order valence-electron chi connectivity index (χ0n) is 10.9. The smallest absolute Gasteiger partial charge is 0.204 e. The number of carbonyl (C=O) groups is 1. The van der Waals surface area contributed by atoms with Gasteiger partial charge in [-0.05, 0) is 61.4 Å². The maximum absolute atomic E-state index is 12.5. The van der Waals surface area contributed by atoms with Crippen LogP contribution in [0.2, 0.25) is 5.02 Å². The summed E-state index contributed by atoms with van der Waals surface area (Å²) in [5, 5.41) is 2.51. The average Bonchev–Trinajstić information content (AvgIpc) is 2.64. The van der Waals surface area contributed by atoms with Crippen molar-refractivity contribution in [2.75, 3.05) is 0 Å². The lowest BCUT2D eigenvalue weighted by Gasteiger charge is -2.08. The van der Waals surface area contributed by atoms with E-state index in [1.807, 2.05) is 32.2 Å². The van der Waals surface area contributed by atoms with Gasteiger partial charge in [-0.25, -0.2) is 0 Å². The van der Waals surface area contributed by atoms with Crippen molar-refractivity contribution in [2.45, 2.75) is 27.7 Å². The summed E-state index contributed by atoms with van der Waals surface area (Å²) in [6, 6.07) is 4.01. The molecule has 0 bridgehead atoms. The Bertz CT molecular complexity index is 626. The molecule has 0 unspecified atom stereocenters. The first kappa shape index (κ1) is 13.3. The van der Waals surface area contributed by atoms with Gasteiger partial charge in [-0.3, -0.25) is 4.79 Å². The van der Waals surface area contributed by atoms with Crippen LogP contribution in [0.5, 0.6) is 0 Å². The number of ketones is 1. The summed E-state index contributed by atoms with van der Waals surface area (Å²) in [6.45, 7) is 7.96. The Hall–Kier alpha value is -1.12. The van der Waals surface area contributed by atoms with Gasteiger partial charge in [0.1, 0.15) is 0 Å². The Morgan fingerprint density at radius 2 is 1.61 bits per heavy atom. The number of hydrogen-bond donors (Lipinski definition) is 0. The predicted octanol–water partition coefficient (Wildman–Crippen LogP) is 4.87. The molecule has 0 atom stereocenters. The molecule has 0 saturated carbocycles. The molecular weight excluding hydrogens is 264 g/mol. The van der Waals surface area contributed by atoms with Crippen molar-refractivity contribution < 1.29 is 4.79 Å².